The summed E-state index contributed by atoms with van der Waals surface area (Å²) < 4.78 is 0. The van der Waals surface area contributed by atoms with Gasteiger partial charge in [-0.3, -0.25) is 0 Å². The quantitative estimate of drug-likeness (QED) is 0.307. The van der Waals surface area contributed by atoms with Gasteiger partial charge in [-0.15, -0.1) is 0 Å². The summed E-state index contributed by atoms with van der Waals surface area (Å²) in [5.41, 5.74) is 0. The van der Waals surface area contributed by atoms with E-state index < -0.39 is 0 Å². The van der Waals surface area contributed by atoms with Gasteiger partial charge < -0.3 is 0 Å². The number of hydrogen-bond donors (Lipinski definition) is 0. The lowest BCUT2D eigenvalue weighted by atomic mass is 9.74. The Morgan fingerprint density at radius 3 is 0.950 bits per heavy atom. The maximum absolute atomic E-state index is 2.58. The summed E-state index contributed by atoms with van der Waals surface area (Å²) in [5, 5.41) is 0. The maximum atomic E-state index is 2.58. The van der Waals surface area contributed by atoms with Crippen molar-refractivity contribution in [1.29, 1.82) is 0 Å². The summed E-state index contributed by atoms with van der Waals surface area (Å²) in [6.45, 7) is 11.9. The van der Waals surface area contributed by atoms with Crippen LogP contribution in [0.4, 0.5) is 0 Å². The molecule has 0 amide bonds. The molecule has 0 aromatic heterocycles. The Bertz CT molecular complexity index is 148. The van der Waals surface area contributed by atoms with Crippen LogP contribution in [0.2, 0.25) is 0 Å². The van der Waals surface area contributed by atoms with Gasteiger partial charge in [-0.05, 0) is 17.8 Å². The third kappa shape index (κ3) is 9.03. The molecule has 0 saturated carbocycles. The highest BCUT2D eigenvalue weighted by Gasteiger charge is 2.24. The highest BCUT2D eigenvalue weighted by Crippen LogP contribution is 2.35. The normalized spacial score (nSPS) is 12.0. The van der Waals surface area contributed by atoms with E-state index in [4.69, 9.17) is 0 Å². The molecular weight excluding hydrogens is 240 g/mol. The van der Waals surface area contributed by atoms with Crippen molar-refractivity contribution in [2.75, 3.05) is 0 Å². The van der Waals surface area contributed by atoms with Crippen LogP contribution >= 0.6 is 0 Å². The average Bonchev–Trinajstić information content (AvgIpc) is 2.47. The van der Waals surface area contributed by atoms with Crippen molar-refractivity contribution in [3.8, 4) is 0 Å². The van der Waals surface area contributed by atoms with Gasteiger partial charge in [-0.2, -0.15) is 0 Å². The maximum Gasteiger partial charge on any atom is -0.0386 e. The Morgan fingerprint density at radius 1 is 0.500 bits per heavy atom. The summed E-state index contributed by atoms with van der Waals surface area (Å²) >= 11 is 0. The van der Waals surface area contributed by atoms with Crippen LogP contribution in [0, 0.1) is 17.8 Å². The van der Waals surface area contributed by atoms with E-state index in [1.165, 1.54) is 77.0 Å². The van der Waals surface area contributed by atoms with E-state index in [-0.39, 0.29) is 0 Å². The predicted octanol–water partition coefficient (Wildman–Crippen LogP) is 7.62. The van der Waals surface area contributed by atoms with Gasteiger partial charge in [0.25, 0.3) is 0 Å². The van der Waals surface area contributed by atoms with Crippen molar-refractivity contribution in [2.45, 2.75) is 112 Å². The third-order valence-corrected chi connectivity index (χ3v) is 5.20. The molecule has 0 N–H and O–H groups in total. The number of rotatable bonds is 14. The van der Waals surface area contributed by atoms with Gasteiger partial charge in [-0.1, -0.05) is 112 Å². The van der Waals surface area contributed by atoms with Crippen LogP contribution in [-0.4, -0.2) is 0 Å². The fourth-order valence-electron chi connectivity index (χ4n) is 3.59. The molecule has 0 aliphatic rings. The molecule has 0 heterocycles. The van der Waals surface area contributed by atoms with E-state index in [0.717, 1.165) is 17.8 Å². The molecule has 0 bridgehead atoms. The lowest BCUT2D eigenvalue weighted by Gasteiger charge is -2.32. The summed E-state index contributed by atoms with van der Waals surface area (Å²) in [5.74, 6) is 2.94. The molecule has 0 heteroatoms. The summed E-state index contributed by atoms with van der Waals surface area (Å²) in [7, 11) is 0. The second-order valence-corrected chi connectivity index (χ2v) is 6.95. The van der Waals surface area contributed by atoms with Crippen LogP contribution in [0.25, 0.3) is 0 Å². The molecular formula is C20H42. The molecule has 0 aromatic carbocycles. The molecule has 20 heavy (non-hydrogen) atoms. The Morgan fingerprint density at radius 2 is 0.750 bits per heavy atom. The molecule has 0 atom stereocenters. The Kier molecular flexibility index (Phi) is 14.0. The smallest absolute Gasteiger partial charge is 0.0386 e. The Hall–Kier alpha value is 0. The molecule has 122 valence electrons. The van der Waals surface area contributed by atoms with E-state index in [9.17, 15) is 0 Å². The summed E-state index contributed by atoms with van der Waals surface area (Å²) in [6.07, 6.45) is 17.1. The lowest BCUT2D eigenvalue weighted by molar-refractivity contribution is 0.190. The SMILES string of the molecule is CCCCC(CCCC)C(C)C(CCCC)CCCC. The van der Waals surface area contributed by atoms with Crippen LogP contribution in [0.1, 0.15) is 112 Å². The van der Waals surface area contributed by atoms with Crippen molar-refractivity contribution in [1.82, 2.24) is 0 Å². The monoisotopic (exact) mass is 282 g/mol. The zero-order valence-corrected chi connectivity index (χ0v) is 15.2. The minimum atomic E-state index is 0.950. The number of hydrogen-bond acceptors (Lipinski definition) is 0. The first-order valence-corrected chi connectivity index (χ1v) is 9.71. The molecule has 0 unspecified atom stereocenters. The zero-order chi connectivity index (χ0) is 15.2. The van der Waals surface area contributed by atoms with Crippen LogP contribution in [0.5, 0.6) is 0 Å². The summed E-state index contributed by atoms with van der Waals surface area (Å²) in [6, 6.07) is 0. The lowest BCUT2D eigenvalue weighted by Crippen LogP contribution is -2.21. The average molecular weight is 283 g/mol. The first-order chi connectivity index (χ1) is 9.71. The second kappa shape index (κ2) is 14.0. The van der Waals surface area contributed by atoms with Gasteiger partial charge in [0.1, 0.15) is 0 Å². The molecule has 0 fully saturated rings. The van der Waals surface area contributed by atoms with Crippen molar-refractivity contribution in [3.05, 3.63) is 0 Å². The van der Waals surface area contributed by atoms with Crippen molar-refractivity contribution in [3.63, 3.8) is 0 Å². The fraction of sp³-hybridized carbons (Fsp3) is 1.00. The van der Waals surface area contributed by atoms with Crippen molar-refractivity contribution >= 4 is 0 Å². The van der Waals surface area contributed by atoms with Gasteiger partial charge in [0.05, 0.1) is 0 Å². The van der Waals surface area contributed by atoms with Crippen LogP contribution in [-0.2, 0) is 0 Å². The van der Waals surface area contributed by atoms with Gasteiger partial charge in [0.2, 0.25) is 0 Å². The summed E-state index contributed by atoms with van der Waals surface area (Å²) in [4.78, 5) is 0. The van der Waals surface area contributed by atoms with Crippen LogP contribution in [0.15, 0.2) is 0 Å². The second-order valence-electron chi connectivity index (χ2n) is 6.95. The topological polar surface area (TPSA) is 0 Å². The first kappa shape index (κ1) is 20.0. The molecule has 0 nitrogen and oxygen atoms in total. The van der Waals surface area contributed by atoms with Gasteiger partial charge in [-0.25, -0.2) is 0 Å². The molecule has 0 spiro atoms. The Labute approximate surface area is 130 Å². The molecule has 0 aromatic rings. The highest BCUT2D eigenvalue weighted by molar-refractivity contribution is 4.75. The standard InChI is InChI=1S/C20H42/c1-6-10-14-19(15-11-7-2)18(5)20(16-12-8-3)17-13-9-4/h18-20H,6-17H2,1-5H3. The van der Waals surface area contributed by atoms with Crippen molar-refractivity contribution in [2.24, 2.45) is 17.8 Å². The van der Waals surface area contributed by atoms with E-state index in [1.807, 2.05) is 0 Å². The van der Waals surface area contributed by atoms with Gasteiger partial charge in [0, 0.05) is 0 Å². The largest absolute Gasteiger partial charge is 0.0654 e. The molecule has 0 aliphatic carbocycles. The first-order valence-electron chi connectivity index (χ1n) is 9.71. The zero-order valence-electron chi connectivity index (χ0n) is 15.2. The highest BCUT2D eigenvalue weighted by atomic mass is 14.3. The van der Waals surface area contributed by atoms with Crippen molar-refractivity contribution < 1.29 is 0 Å². The molecule has 0 radical (unpaired) electrons. The van der Waals surface area contributed by atoms with E-state index in [1.54, 1.807) is 0 Å². The molecule has 0 rings (SSSR count). The molecule has 0 saturated heterocycles. The van der Waals surface area contributed by atoms with Gasteiger partial charge >= 0.3 is 0 Å². The fourth-order valence-corrected chi connectivity index (χ4v) is 3.59. The van der Waals surface area contributed by atoms with E-state index in [0.29, 0.717) is 0 Å². The minimum absolute atomic E-state index is 0.950. The van der Waals surface area contributed by atoms with Crippen LogP contribution in [0.3, 0.4) is 0 Å². The van der Waals surface area contributed by atoms with Gasteiger partial charge in [0.15, 0.2) is 0 Å². The third-order valence-electron chi connectivity index (χ3n) is 5.20. The van der Waals surface area contributed by atoms with E-state index in [2.05, 4.69) is 34.6 Å². The molecule has 0 aliphatic heterocycles. The number of unbranched alkanes of at least 4 members (excludes halogenated alkanes) is 4. The minimum Gasteiger partial charge on any atom is -0.0654 e. The predicted molar refractivity (Wildman–Crippen MR) is 94.2 cm³/mol. The van der Waals surface area contributed by atoms with Crippen LogP contribution < -0.4 is 0 Å². The van der Waals surface area contributed by atoms with E-state index >= 15 is 0 Å². The Balaban J connectivity index is 4.49.